The Morgan fingerprint density at radius 1 is 1.15 bits per heavy atom. The maximum Gasteiger partial charge on any atom is 0.231 e. The van der Waals surface area contributed by atoms with Crippen molar-refractivity contribution in [3.8, 4) is 11.5 Å². The minimum absolute atomic E-state index is 0.277. The molecule has 1 aliphatic carbocycles. The third kappa shape index (κ3) is 1.21. The molecule has 100 valence electrons. The van der Waals surface area contributed by atoms with Crippen molar-refractivity contribution in [3.63, 3.8) is 0 Å². The van der Waals surface area contributed by atoms with E-state index in [1.165, 1.54) is 5.57 Å². The SMILES string of the molecule is OC1=CC2=c3cc4c(cc3=CN3CCC(=C1)C23)OCO4. The van der Waals surface area contributed by atoms with Crippen LogP contribution in [-0.4, -0.2) is 29.4 Å². The molecule has 0 saturated carbocycles. The van der Waals surface area contributed by atoms with Gasteiger partial charge >= 0.3 is 0 Å². The van der Waals surface area contributed by atoms with Gasteiger partial charge < -0.3 is 19.5 Å². The molecule has 1 aromatic rings. The summed E-state index contributed by atoms with van der Waals surface area (Å²) >= 11 is 0. The summed E-state index contributed by atoms with van der Waals surface area (Å²) in [5, 5.41) is 12.2. The number of ether oxygens (including phenoxy) is 2. The summed E-state index contributed by atoms with van der Waals surface area (Å²) in [6.07, 6.45) is 6.98. The number of aliphatic hydroxyl groups excluding tert-OH is 1. The molecule has 0 radical (unpaired) electrons. The van der Waals surface area contributed by atoms with Gasteiger partial charge in [-0.2, -0.15) is 0 Å². The summed E-state index contributed by atoms with van der Waals surface area (Å²) in [5.74, 6) is 1.94. The second kappa shape index (κ2) is 3.39. The van der Waals surface area contributed by atoms with Crippen molar-refractivity contribution in [2.24, 2.45) is 0 Å². The molecule has 1 aromatic carbocycles. The van der Waals surface area contributed by atoms with Crippen molar-refractivity contribution in [2.45, 2.75) is 12.5 Å². The number of allylic oxidation sites excluding steroid dienone is 1. The van der Waals surface area contributed by atoms with Crippen LogP contribution in [0.4, 0.5) is 0 Å². The molecule has 4 heteroatoms. The lowest BCUT2D eigenvalue weighted by atomic mass is 9.90. The molecule has 1 unspecified atom stereocenters. The predicted octanol–water partition coefficient (Wildman–Crippen LogP) is 0.774. The fourth-order valence-corrected chi connectivity index (χ4v) is 3.59. The van der Waals surface area contributed by atoms with Crippen molar-refractivity contribution >= 4 is 11.8 Å². The van der Waals surface area contributed by atoms with Crippen LogP contribution in [0.1, 0.15) is 6.42 Å². The highest BCUT2D eigenvalue weighted by atomic mass is 16.7. The van der Waals surface area contributed by atoms with Crippen LogP contribution >= 0.6 is 0 Å². The minimum atomic E-state index is 0.277. The summed E-state index contributed by atoms with van der Waals surface area (Å²) in [7, 11) is 0. The van der Waals surface area contributed by atoms with Gasteiger partial charge in [0.1, 0.15) is 5.76 Å². The van der Waals surface area contributed by atoms with Crippen molar-refractivity contribution < 1.29 is 14.6 Å². The van der Waals surface area contributed by atoms with Crippen LogP contribution in [0.2, 0.25) is 0 Å². The van der Waals surface area contributed by atoms with Gasteiger partial charge in [0, 0.05) is 18.0 Å². The maximum absolute atomic E-state index is 9.97. The van der Waals surface area contributed by atoms with E-state index in [9.17, 15) is 5.11 Å². The van der Waals surface area contributed by atoms with Crippen LogP contribution < -0.4 is 19.9 Å². The molecule has 3 aliphatic heterocycles. The second-order valence-electron chi connectivity index (χ2n) is 5.56. The number of aliphatic hydroxyl groups is 1. The first-order chi connectivity index (χ1) is 9.79. The fourth-order valence-electron chi connectivity index (χ4n) is 3.59. The Balaban J connectivity index is 1.89. The zero-order valence-corrected chi connectivity index (χ0v) is 10.8. The first-order valence-corrected chi connectivity index (χ1v) is 6.82. The first kappa shape index (κ1) is 10.4. The molecule has 0 aromatic heterocycles. The highest BCUT2D eigenvalue weighted by Gasteiger charge is 2.34. The van der Waals surface area contributed by atoms with Crippen molar-refractivity contribution in [3.05, 3.63) is 46.1 Å². The number of rotatable bonds is 0. The standard InChI is InChI=1S/C16H13NO3/c18-11-3-9-1-2-17-7-10-4-14-15(20-8-19-14)6-12(10)13(5-11)16(9)17/h3-7,16,18H,1-2,8H2. The third-order valence-corrected chi connectivity index (χ3v) is 4.43. The Morgan fingerprint density at radius 2 is 2.00 bits per heavy atom. The van der Waals surface area contributed by atoms with E-state index in [0.29, 0.717) is 5.76 Å². The third-order valence-electron chi connectivity index (χ3n) is 4.43. The zero-order valence-electron chi connectivity index (χ0n) is 10.8. The van der Waals surface area contributed by atoms with E-state index in [1.807, 2.05) is 24.3 Å². The van der Waals surface area contributed by atoms with Crippen LogP contribution in [0.5, 0.6) is 11.5 Å². The van der Waals surface area contributed by atoms with Gasteiger partial charge in [0.25, 0.3) is 0 Å². The Kier molecular flexibility index (Phi) is 1.77. The Labute approximate surface area is 115 Å². The van der Waals surface area contributed by atoms with Crippen LogP contribution in [-0.2, 0) is 0 Å². The Bertz CT molecular complexity index is 819. The van der Waals surface area contributed by atoms with Gasteiger partial charge in [-0.3, -0.25) is 0 Å². The molecule has 1 fully saturated rings. The molecule has 4 nitrogen and oxygen atoms in total. The van der Waals surface area contributed by atoms with Gasteiger partial charge in [0.15, 0.2) is 11.5 Å². The lowest BCUT2D eigenvalue weighted by molar-refractivity contribution is 0.174. The number of hydrogen-bond acceptors (Lipinski definition) is 4. The zero-order chi connectivity index (χ0) is 13.3. The summed E-state index contributed by atoms with van der Waals surface area (Å²) < 4.78 is 10.9. The predicted molar refractivity (Wildman–Crippen MR) is 73.6 cm³/mol. The van der Waals surface area contributed by atoms with E-state index in [2.05, 4.69) is 11.1 Å². The molecule has 1 saturated heterocycles. The molecule has 20 heavy (non-hydrogen) atoms. The number of fused-ring (bicyclic) bond motifs is 2. The van der Waals surface area contributed by atoms with E-state index in [1.54, 1.807) is 0 Å². The van der Waals surface area contributed by atoms with E-state index < -0.39 is 0 Å². The first-order valence-electron chi connectivity index (χ1n) is 6.82. The molecule has 0 bridgehead atoms. The minimum Gasteiger partial charge on any atom is -0.508 e. The summed E-state index contributed by atoms with van der Waals surface area (Å²) in [6, 6.07) is 4.34. The number of hydrogen-bond donors (Lipinski definition) is 1. The average Bonchev–Trinajstić information content (AvgIpc) is 3.04. The van der Waals surface area contributed by atoms with Crippen LogP contribution in [0.25, 0.3) is 11.8 Å². The Hall–Kier alpha value is -2.36. The normalized spacial score (nSPS) is 24.7. The summed E-state index contributed by atoms with van der Waals surface area (Å²) in [4.78, 5) is 2.34. The van der Waals surface area contributed by atoms with Crippen molar-refractivity contribution in [2.75, 3.05) is 13.3 Å². The van der Waals surface area contributed by atoms with E-state index in [0.717, 1.165) is 40.5 Å². The van der Waals surface area contributed by atoms with Gasteiger partial charge in [0.05, 0.1) is 6.04 Å². The number of benzene rings is 1. The topological polar surface area (TPSA) is 41.9 Å². The van der Waals surface area contributed by atoms with Gasteiger partial charge in [-0.05, 0) is 47.1 Å². The van der Waals surface area contributed by atoms with Gasteiger partial charge in [-0.15, -0.1) is 0 Å². The maximum atomic E-state index is 9.97. The van der Waals surface area contributed by atoms with Gasteiger partial charge in [-0.25, -0.2) is 0 Å². The van der Waals surface area contributed by atoms with Crippen LogP contribution in [0.3, 0.4) is 0 Å². The highest BCUT2D eigenvalue weighted by Crippen LogP contribution is 2.36. The lowest BCUT2D eigenvalue weighted by Crippen LogP contribution is -2.42. The molecule has 5 rings (SSSR count). The van der Waals surface area contributed by atoms with E-state index in [4.69, 9.17) is 9.47 Å². The summed E-state index contributed by atoms with van der Waals surface area (Å²) in [5.41, 5.74) is 2.45. The second-order valence-corrected chi connectivity index (χ2v) is 5.56. The monoisotopic (exact) mass is 267 g/mol. The molecular formula is C16H13NO3. The quantitative estimate of drug-likeness (QED) is 0.754. The van der Waals surface area contributed by atoms with Crippen molar-refractivity contribution in [1.82, 2.24) is 4.90 Å². The molecule has 0 spiro atoms. The number of nitrogens with zero attached hydrogens (tertiary/aromatic N) is 1. The average molecular weight is 267 g/mol. The molecule has 1 atom stereocenters. The van der Waals surface area contributed by atoms with Crippen LogP contribution in [0.15, 0.2) is 35.6 Å². The summed E-state index contributed by atoms with van der Waals surface area (Å²) in [6.45, 7) is 1.28. The Morgan fingerprint density at radius 3 is 2.90 bits per heavy atom. The molecule has 1 N–H and O–H groups in total. The lowest BCUT2D eigenvalue weighted by Gasteiger charge is -2.30. The van der Waals surface area contributed by atoms with Crippen LogP contribution in [0, 0.1) is 0 Å². The van der Waals surface area contributed by atoms with Crippen molar-refractivity contribution in [1.29, 1.82) is 0 Å². The molecule has 3 heterocycles. The van der Waals surface area contributed by atoms with Gasteiger partial charge in [0.2, 0.25) is 6.79 Å². The fraction of sp³-hybridized carbons (Fsp3) is 0.250. The smallest absolute Gasteiger partial charge is 0.231 e. The van der Waals surface area contributed by atoms with E-state index >= 15 is 0 Å². The van der Waals surface area contributed by atoms with Gasteiger partial charge in [-0.1, -0.05) is 0 Å². The molecule has 0 amide bonds. The molecule has 4 aliphatic rings. The molecular weight excluding hydrogens is 254 g/mol. The van der Waals surface area contributed by atoms with E-state index in [-0.39, 0.29) is 12.8 Å². The highest BCUT2D eigenvalue weighted by molar-refractivity contribution is 5.74. The largest absolute Gasteiger partial charge is 0.508 e.